The molecule has 1 atom stereocenters. The van der Waals surface area contributed by atoms with Crippen LogP contribution in [0.15, 0.2) is 12.4 Å². The molecule has 1 fully saturated rings. The average Bonchev–Trinajstić information content (AvgIpc) is 2.75. The summed E-state index contributed by atoms with van der Waals surface area (Å²) in [5, 5.41) is 7.72. The van der Waals surface area contributed by atoms with E-state index in [2.05, 4.69) is 30.5 Å². The van der Waals surface area contributed by atoms with Crippen molar-refractivity contribution in [3.05, 3.63) is 18.0 Å². The van der Waals surface area contributed by atoms with Gasteiger partial charge in [0, 0.05) is 24.7 Å². The standard InChI is InChI=1S/C10H17N3/c1-8(2)13-7-10(6-12-13)9-3-4-11-5-9/h6-9,11H,3-5H2,1-2H3. The van der Waals surface area contributed by atoms with Crippen molar-refractivity contribution in [1.29, 1.82) is 0 Å². The monoisotopic (exact) mass is 179 g/mol. The van der Waals surface area contributed by atoms with E-state index in [4.69, 9.17) is 0 Å². The maximum atomic E-state index is 4.35. The van der Waals surface area contributed by atoms with Crippen molar-refractivity contribution in [2.75, 3.05) is 13.1 Å². The van der Waals surface area contributed by atoms with E-state index < -0.39 is 0 Å². The molecule has 1 aromatic heterocycles. The first kappa shape index (κ1) is 8.75. The fourth-order valence-electron chi connectivity index (χ4n) is 1.79. The van der Waals surface area contributed by atoms with Gasteiger partial charge in [0.2, 0.25) is 0 Å². The summed E-state index contributed by atoms with van der Waals surface area (Å²) in [6.07, 6.45) is 5.45. The predicted molar refractivity (Wildman–Crippen MR) is 52.8 cm³/mol. The summed E-state index contributed by atoms with van der Waals surface area (Å²) in [5.74, 6) is 0.687. The SMILES string of the molecule is CC(C)n1cc(C2CCNC2)cn1. The van der Waals surface area contributed by atoms with Crippen LogP contribution in [-0.2, 0) is 0 Å². The van der Waals surface area contributed by atoms with Crippen LogP contribution in [0.1, 0.15) is 37.8 Å². The van der Waals surface area contributed by atoms with Gasteiger partial charge in [0.15, 0.2) is 0 Å². The Bertz CT molecular complexity index is 271. The van der Waals surface area contributed by atoms with Crippen LogP contribution in [0.3, 0.4) is 0 Å². The second-order valence-electron chi connectivity index (χ2n) is 4.04. The first-order valence-electron chi connectivity index (χ1n) is 5.02. The molecule has 0 aliphatic carbocycles. The molecule has 0 radical (unpaired) electrons. The quantitative estimate of drug-likeness (QED) is 0.746. The summed E-state index contributed by atoms with van der Waals surface area (Å²) in [4.78, 5) is 0. The highest BCUT2D eigenvalue weighted by Gasteiger charge is 2.18. The van der Waals surface area contributed by atoms with Gasteiger partial charge in [0.1, 0.15) is 0 Å². The molecule has 1 unspecified atom stereocenters. The third-order valence-corrected chi connectivity index (χ3v) is 2.68. The Morgan fingerprint density at radius 3 is 3.00 bits per heavy atom. The lowest BCUT2D eigenvalue weighted by atomic mass is 10.0. The van der Waals surface area contributed by atoms with E-state index in [1.165, 1.54) is 12.0 Å². The summed E-state index contributed by atoms with van der Waals surface area (Å²) in [6, 6.07) is 0.475. The van der Waals surface area contributed by atoms with Crippen LogP contribution in [0, 0.1) is 0 Å². The molecule has 3 heteroatoms. The maximum Gasteiger partial charge on any atom is 0.0525 e. The summed E-state index contributed by atoms with van der Waals surface area (Å²) in [6.45, 7) is 6.58. The molecule has 2 rings (SSSR count). The van der Waals surface area contributed by atoms with Crippen molar-refractivity contribution in [1.82, 2.24) is 15.1 Å². The van der Waals surface area contributed by atoms with Gasteiger partial charge in [0.05, 0.1) is 6.20 Å². The molecule has 13 heavy (non-hydrogen) atoms. The lowest BCUT2D eigenvalue weighted by Crippen LogP contribution is -2.07. The van der Waals surface area contributed by atoms with Gasteiger partial charge in [-0.15, -0.1) is 0 Å². The molecule has 1 saturated heterocycles. The Balaban J connectivity index is 2.12. The molecule has 0 amide bonds. The van der Waals surface area contributed by atoms with Crippen LogP contribution in [0.5, 0.6) is 0 Å². The van der Waals surface area contributed by atoms with Crippen LogP contribution >= 0.6 is 0 Å². The van der Waals surface area contributed by atoms with Gasteiger partial charge in [-0.25, -0.2) is 0 Å². The van der Waals surface area contributed by atoms with Gasteiger partial charge in [-0.3, -0.25) is 4.68 Å². The number of nitrogens with one attached hydrogen (secondary N) is 1. The number of hydrogen-bond acceptors (Lipinski definition) is 2. The minimum Gasteiger partial charge on any atom is -0.316 e. The van der Waals surface area contributed by atoms with Crippen molar-refractivity contribution >= 4 is 0 Å². The zero-order valence-electron chi connectivity index (χ0n) is 8.33. The molecule has 3 nitrogen and oxygen atoms in total. The topological polar surface area (TPSA) is 29.9 Å². The summed E-state index contributed by atoms with van der Waals surface area (Å²) in [7, 11) is 0. The summed E-state index contributed by atoms with van der Waals surface area (Å²) < 4.78 is 2.04. The Labute approximate surface area is 79.1 Å². The Morgan fingerprint density at radius 1 is 1.62 bits per heavy atom. The molecule has 72 valence electrons. The largest absolute Gasteiger partial charge is 0.316 e. The third kappa shape index (κ3) is 1.75. The number of rotatable bonds is 2. The molecule has 0 bridgehead atoms. The van der Waals surface area contributed by atoms with Gasteiger partial charge in [-0.05, 0) is 32.4 Å². The van der Waals surface area contributed by atoms with Crippen molar-refractivity contribution in [2.45, 2.75) is 32.2 Å². The van der Waals surface area contributed by atoms with E-state index in [1.54, 1.807) is 0 Å². The molecular formula is C10H17N3. The van der Waals surface area contributed by atoms with Crippen LogP contribution in [-0.4, -0.2) is 22.9 Å². The van der Waals surface area contributed by atoms with E-state index in [1.807, 2.05) is 10.9 Å². The Kier molecular flexibility index (Phi) is 2.36. The number of hydrogen-bond donors (Lipinski definition) is 1. The van der Waals surface area contributed by atoms with Gasteiger partial charge in [-0.2, -0.15) is 5.10 Å². The first-order chi connectivity index (χ1) is 6.27. The molecule has 1 aromatic rings. The minimum atomic E-state index is 0.475. The van der Waals surface area contributed by atoms with Crippen molar-refractivity contribution < 1.29 is 0 Å². The minimum absolute atomic E-state index is 0.475. The molecule has 0 aromatic carbocycles. The van der Waals surface area contributed by atoms with Crippen LogP contribution in [0.4, 0.5) is 0 Å². The molecule has 1 aliphatic rings. The zero-order chi connectivity index (χ0) is 9.26. The number of aromatic nitrogens is 2. The molecular weight excluding hydrogens is 162 g/mol. The average molecular weight is 179 g/mol. The lowest BCUT2D eigenvalue weighted by Gasteiger charge is -2.05. The number of nitrogens with zero attached hydrogens (tertiary/aromatic N) is 2. The van der Waals surface area contributed by atoms with Gasteiger partial charge >= 0.3 is 0 Å². The smallest absolute Gasteiger partial charge is 0.0525 e. The van der Waals surface area contributed by atoms with E-state index in [9.17, 15) is 0 Å². The summed E-state index contributed by atoms with van der Waals surface area (Å²) >= 11 is 0. The zero-order valence-corrected chi connectivity index (χ0v) is 8.33. The van der Waals surface area contributed by atoms with Crippen LogP contribution < -0.4 is 5.32 Å². The van der Waals surface area contributed by atoms with Gasteiger partial charge in [0.25, 0.3) is 0 Å². The summed E-state index contributed by atoms with van der Waals surface area (Å²) in [5.41, 5.74) is 1.39. The fraction of sp³-hybridized carbons (Fsp3) is 0.700. The molecule has 2 heterocycles. The fourth-order valence-corrected chi connectivity index (χ4v) is 1.79. The van der Waals surface area contributed by atoms with E-state index in [0.717, 1.165) is 13.1 Å². The van der Waals surface area contributed by atoms with Gasteiger partial charge < -0.3 is 5.32 Å². The molecule has 0 spiro atoms. The van der Waals surface area contributed by atoms with Gasteiger partial charge in [-0.1, -0.05) is 0 Å². The Hall–Kier alpha value is -0.830. The Morgan fingerprint density at radius 2 is 2.46 bits per heavy atom. The van der Waals surface area contributed by atoms with E-state index >= 15 is 0 Å². The normalized spacial score (nSPS) is 22.8. The van der Waals surface area contributed by atoms with Crippen LogP contribution in [0.2, 0.25) is 0 Å². The van der Waals surface area contributed by atoms with E-state index in [-0.39, 0.29) is 0 Å². The molecule has 1 aliphatic heterocycles. The van der Waals surface area contributed by atoms with Crippen molar-refractivity contribution in [2.24, 2.45) is 0 Å². The highest BCUT2D eigenvalue weighted by atomic mass is 15.3. The highest BCUT2D eigenvalue weighted by Crippen LogP contribution is 2.22. The van der Waals surface area contributed by atoms with Crippen molar-refractivity contribution in [3.63, 3.8) is 0 Å². The van der Waals surface area contributed by atoms with Crippen LogP contribution in [0.25, 0.3) is 0 Å². The second-order valence-corrected chi connectivity index (χ2v) is 4.04. The lowest BCUT2D eigenvalue weighted by molar-refractivity contribution is 0.531. The maximum absolute atomic E-state index is 4.35. The van der Waals surface area contributed by atoms with Crippen molar-refractivity contribution in [3.8, 4) is 0 Å². The second kappa shape index (κ2) is 3.50. The molecule has 1 N–H and O–H groups in total. The predicted octanol–water partition coefficient (Wildman–Crippen LogP) is 1.54. The first-order valence-corrected chi connectivity index (χ1v) is 5.02. The third-order valence-electron chi connectivity index (χ3n) is 2.68. The molecule has 0 saturated carbocycles. The highest BCUT2D eigenvalue weighted by molar-refractivity contribution is 5.13. The van der Waals surface area contributed by atoms with E-state index in [0.29, 0.717) is 12.0 Å².